The third kappa shape index (κ3) is 4.91. The van der Waals surface area contributed by atoms with E-state index in [1.165, 1.54) is 12.1 Å². The van der Waals surface area contributed by atoms with Crippen LogP contribution in [0.3, 0.4) is 0 Å². The van der Waals surface area contributed by atoms with Crippen LogP contribution in [0.2, 0.25) is 0 Å². The number of ether oxygens (including phenoxy) is 1. The van der Waals surface area contributed by atoms with Crippen LogP contribution in [0, 0.1) is 0 Å². The molecule has 2 heterocycles. The van der Waals surface area contributed by atoms with Gasteiger partial charge in [0.1, 0.15) is 27.9 Å². The van der Waals surface area contributed by atoms with Crippen molar-refractivity contribution in [3.05, 3.63) is 94.3 Å². The zero-order valence-corrected chi connectivity index (χ0v) is 18.3. The number of furan rings is 1. The molecule has 0 saturated heterocycles. The second-order valence-electron chi connectivity index (χ2n) is 6.89. The summed E-state index contributed by atoms with van der Waals surface area (Å²) in [4.78, 5) is 28.4. The number of aliphatic hydroxyl groups excluding tert-OH is 1. The molecule has 3 aromatic rings. The molecule has 2 aromatic carbocycles. The average Bonchev–Trinajstić information content (AvgIpc) is 3.39. The lowest BCUT2D eigenvalue weighted by atomic mass is 10.1. The van der Waals surface area contributed by atoms with E-state index in [-0.39, 0.29) is 23.5 Å². The van der Waals surface area contributed by atoms with E-state index in [9.17, 15) is 14.7 Å². The summed E-state index contributed by atoms with van der Waals surface area (Å²) in [6.07, 6.45) is 1.61. The topological polar surface area (TPSA) is 109 Å². The van der Waals surface area contributed by atoms with Gasteiger partial charge in [-0.2, -0.15) is 0 Å². The molecule has 7 nitrogen and oxygen atoms in total. The van der Waals surface area contributed by atoms with Crippen molar-refractivity contribution in [2.75, 3.05) is 6.61 Å². The van der Waals surface area contributed by atoms with Crippen LogP contribution in [0.1, 0.15) is 23.0 Å². The zero-order valence-electron chi connectivity index (χ0n) is 17.5. The van der Waals surface area contributed by atoms with Crippen LogP contribution < -0.4 is 0 Å². The summed E-state index contributed by atoms with van der Waals surface area (Å²) in [5, 5.41) is 20.1. The number of benzene rings is 2. The minimum absolute atomic E-state index is 0.00740. The SMILES string of the molecule is CCOC(=O)C1=C(O)/C(=C/c2ccc(-c3ccc(C(=O)O)cc3)o2)SC1=Nc1ccccc1. The first-order valence-electron chi connectivity index (χ1n) is 10.0. The van der Waals surface area contributed by atoms with E-state index < -0.39 is 11.9 Å². The molecule has 0 amide bonds. The lowest BCUT2D eigenvalue weighted by Crippen LogP contribution is -2.12. The molecule has 2 N–H and O–H groups in total. The molecular weight excluding hydrogens is 442 g/mol. The summed E-state index contributed by atoms with van der Waals surface area (Å²) >= 11 is 1.14. The molecule has 166 valence electrons. The van der Waals surface area contributed by atoms with Gasteiger partial charge in [0.2, 0.25) is 0 Å². The molecule has 0 radical (unpaired) electrons. The maximum atomic E-state index is 12.5. The van der Waals surface area contributed by atoms with Crippen molar-refractivity contribution in [2.45, 2.75) is 6.92 Å². The fourth-order valence-corrected chi connectivity index (χ4v) is 4.12. The fraction of sp³-hybridized carbons (Fsp3) is 0.0800. The molecule has 8 heteroatoms. The maximum Gasteiger partial charge on any atom is 0.344 e. The van der Waals surface area contributed by atoms with Crippen molar-refractivity contribution in [1.29, 1.82) is 0 Å². The predicted molar refractivity (Wildman–Crippen MR) is 126 cm³/mol. The number of esters is 1. The summed E-state index contributed by atoms with van der Waals surface area (Å²) in [6.45, 7) is 1.86. The third-order valence-electron chi connectivity index (χ3n) is 4.67. The van der Waals surface area contributed by atoms with E-state index in [1.807, 2.05) is 18.2 Å². The highest BCUT2D eigenvalue weighted by Crippen LogP contribution is 2.40. The molecular formula is C25H19NO6S. The van der Waals surface area contributed by atoms with Crippen molar-refractivity contribution in [1.82, 2.24) is 0 Å². The Morgan fingerprint density at radius 3 is 2.45 bits per heavy atom. The second kappa shape index (κ2) is 9.62. The van der Waals surface area contributed by atoms with E-state index in [1.54, 1.807) is 49.4 Å². The minimum atomic E-state index is -1.00. The van der Waals surface area contributed by atoms with Crippen LogP contribution in [0.5, 0.6) is 0 Å². The number of carboxylic acids is 1. The summed E-state index contributed by atoms with van der Waals surface area (Å²) in [7, 11) is 0. The molecule has 1 aromatic heterocycles. The first kappa shape index (κ1) is 22.2. The predicted octanol–water partition coefficient (Wildman–Crippen LogP) is 5.84. The lowest BCUT2D eigenvalue weighted by Gasteiger charge is -2.03. The van der Waals surface area contributed by atoms with E-state index in [0.717, 1.165) is 11.8 Å². The van der Waals surface area contributed by atoms with Gasteiger partial charge in [-0.1, -0.05) is 42.1 Å². The number of hydrogen-bond acceptors (Lipinski definition) is 7. The maximum absolute atomic E-state index is 12.5. The number of nitrogens with zero attached hydrogens (tertiary/aromatic N) is 1. The van der Waals surface area contributed by atoms with E-state index in [4.69, 9.17) is 14.3 Å². The molecule has 1 aliphatic rings. The van der Waals surface area contributed by atoms with Gasteiger partial charge >= 0.3 is 11.9 Å². The molecule has 0 fully saturated rings. The van der Waals surface area contributed by atoms with E-state index in [2.05, 4.69) is 4.99 Å². The van der Waals surface area contributed by atoms with Gasteiger partial charge in [-0.25, -0.2) is 14.6 Å². The van der Waals surface area contributed by atoms with Crippen LogP contribution in [0.4, 0.5) is 5.69 Å². The van der Waals surface area contributed by atoms with Crippen molar-refractivity contribution < 1.29 is 29.0 Å². The highest BCUT2D eigenvalue weighted by molar-refractivity contribution is 8.18. The monoisotopic (exact) mass is 461 g/mol. The summed E-state index contributed by atoms with van der Waals surface area (Å²) < 4.78 is 11.0. The van der Waals surface area contributed by atoms with Gasteiger partial charge in [0.15, 0.2) is 0 Å². The highest BCUT2D eigenvalue weighted by atomic mass is 32.2. The average molecular weight is 461 g/mol. The lowest BCUT2D eigenvalue weighted by molar-refractivity contribution is -0.138. The largest absolute Gasteiger partial charge is 0.506 e. The summed E-state index contributed by atoms with van der Waals surface area (Å²) in [6, 6.07) is 18.9. The van der Waals surface area contributed by atoms with Crippen LogP contribution in [-0.2, 0) is 9.53 Å². The number of rotatable bonds is 6. The quantitative estimate of drug-likeness (QED) is 0.444. The zero-order chi connectivity index (χ0) is 23.4. The van der Waals surface area contributed by atoms with Crippen LogP contribution in [-0.4, -0.2) is 33.8 Å². The number of aliphatic hydroxyl groups is 1. The summed E-state index contributed by atoms with van der Waals surface area (Å²) in [5.74, 6) is -0.895. The fourth-order valence-electron chi connectivity index (χ4n) is 3.10. The van der Waals surface area contributed by atoms with Crippen molar-refractivity contribution in [2.24, 2.45) is 4.99 Å². The van der Waals surface area contributed by atoms with Crippen molar-refractivity contribution in [3.63, 3.8) is 0 Å². The Kier molecular flexibility index (Phi) is 6.46. The number of para-hydroxylation sites is 1. The standard InChI is InChI=1S/C25H19NO6S/c1-2-31-25(30)21-22(27)20(33-23(21)26-17-6-4-3-5-7-17)14-18-12-13-19(32-18)15-8-10-16(11-9-15)24(28)29/h3-14,27H,2H2,1H3,(H,28,29)/b20-14-,26-23?. The summed E-state index contributed by atoms with van der Waals surface area (Å²) in [5.41, 5.74) is 1.54. The van der Waals surface area contributed by atoms with Gasteiger partial charge in [0.25, 0.3) is 0 Å². The molecule has 0 saturated carbocycles. The minimum Gasteiger partial charge on any atom is -0.506 e. The number of aliphatic imine (C=N–C) groups is 1. The van der Waals surface area contributed by atoms with Crippen LogP contribution >= 0.6 is 11.8 Å². The number of carbonyl (C=O) groups excluding carboxylic acids is 1. The first-order valence-corrected chi connectivity index (χ1v) is 10.9. The van der Waals surface area contributed by atoms with Gasteiger partial charge < -0.3 is 19.4 Å². The van der Waals surface area contributed by atoms with Crippen molar-refractivity contribution in [3.8, 4) is 11.3 Å². The van der Waals surface area contributed by atoms with E-state index in [0.29, 0.717) is 32.7 Å². The van der Waals surface area contributed by atoms with Gasteiger partial charge in [-0.05, 0) is 49.4 Å². The second-order valence-corrected chi connectivity index (χ2v) is 7.92. The Hall–Kier alpha value is -4.04. The van der Waals surface area contributed by atoms with Gasteiger partial charge in [-0.15, -0.1) is 0 Å². The Morgan fingerprint density at radius 1 is 1.06 bits per heavy atom. The van der Waals surface area contributed by atoms with Crippen LogP contribution in [0.25, 0.3) is 17.4 Å². The number of hydrogen-bond donors (Lipinski definition) is 2. The molecule has 1 aliphatic heterocycles. The molecule has 0 bridgehead atoms. The Balaban J connectivity index is 1.66. The molecule has 4 rings (SSSR count). The normalized spacial score (nSPS) is 15.9. The molecule has 0 atom stereocenters. The smallest absolute Gasteiger partial charge is 0.344 e. The number of carboxylic acid groups (broad SMARTS) is 1. The number of aromatic carboxylic acids is 1. The highest BCUT2D eigenvalue weighted by Gasteiger charge is 2.33. The van der Waals surface area contributed by atoms with Gasteiger partial charge in [-0.3, -0.25) is 0 Å². The van der Waals surface area contributed by atoms with Gasteiger partial charge in [0, 0.05) is 5.56 Å². The third-order valence-corrected chi connectivity index (χ3v) is 5.69. The first-order chi connectivity index (χ1) is 16.0. The molecule has 33 heavy (non-hydrogen) atoms. The van der Waals surface area contributed by atoms with Gasteiger partial charge in [0.05, 0.1) is 22.8 Å². The Labute approximate surface area is 193 Å². The molecule has 0 aliphatic carbocycles. The van der Waals surface area contributed by atoms with Crippen molar-refractivity contribution >= 4 is 40.5 Å². The number of carbonyl (C=O) groups is 2. The van der Waals surface area contributed by atoms with Crippen LogP contribution in [0.15, 0.2) is 92.4 Å². The number of thioether (sulfide) groups is 1. The molecule has 0 unspecified atom stereocenters. The van der Waals surface area contributed by atoms with E-state index >= 15 is 0 Å². The Morgan fingerprint density at radius 2 is 1.79 bits per heavy atom. The Bertz CT molecular complexity index is 1290. The molecule has 0 spiro atoms.